The zero-order chi connectivity index (χ0) is 22.6. The Hall–Kier alpha value is -2.95. The number of hydrogen-bond acceptors (Lipinski definition) is 6. The van der Waals surface area contributed by atoms with Crippen molar-refractivity contribution in [2.75, 3.05) is 52.8 Å². The molecule has 2 aromatic rings. The van der Waals surface area contributed by atoms with E-state index in [0.29, 0.717) is 24.5 Å². The van der Waals surface area contributed by atoms with Gasteiger partial charge in [0.15, 0.2) is 0 Å². The molecule has 1 saturated heterocycles. The number of hydrogen-bond donors (Lipinski definition) is 1. The molecule has 0 aliphatic carbocycles. The fourth-order valence-corrected chi connectivity index (χ4v) is 4.55. The van der Waals surface area contributed by atoms with Gasteiger partial charge in [0.05, 0.1) is 30.8 Å². The van der Waals surface area contributed by atoms with E-state index in [9.17, 15) is 18.0 Å². The Kier molecular flexibility index (Phi) is 6.94. The lowest BCUT2D eigenvalue weighted by Crippen LogP contribution is -2.40. The monoisotopic (exact) mass is 447 g/mol. The first kappa shape index (κ1) is 22.7. The second-order valence-corrected chi connectivity index (χ2v) is 9.05. The Labute approximate surface area is 181 Å². The molecule has 166 valence electrons. The third kappa shape index (κ3) is 5.04. The minimum atomic E-state index is -3.76. The van der Waals surface area contributed by atoms with Crippen molar-refractivity contribution in [2.24, 2.45) is 0 Å². The van der Waals surface area contributed by atoms with E-state index in [4.69, 9.17) is 9.47 Å². The van der Waals surface area contributed by atoms with Crippen molar-refractivity contribution in [3.63, 3.8) is 0 Å². The highest BCUT2D eigenvalue weighted by atomic mass is 32.2. The molecule has 1 aliphatic rings. The first-order valence-electron chi connectivity index (χ1n) is 9.63. The van der Waals surface area contributed by atoms with Gasteiger partial charge >= 0.3 is 0 Å². The van der Waals surface area contributed by atoms with E-state index in [1.807, 2.05) is 0 Å². The molecule has 2 amide bonds. The molecule has 0 spiro atoms. The van der Waals surface area contributed by atoms with E-state index in [0.717, 1.165) is 0 Å². The first-order chi connectivity index (χ1) is 14.7. The topological polar surface area (TPSA) is 105 Å². The average molecular weight is 448 g/mol. The fraction of sp³-hybridized carbons (Fsp3) is 0.333. The molecule has 1 N–H and O–H groups in total. The number of benzene rings is 2. The van der Waals surface area contributed by atoms with E-state index in [1.54, 1.807) is 38.4 Å². The SMILES string of the molecule is COc1ccc(S(=O)(=O)N2CCOCC2)cc1C(=O)Nc1ccc(C(=O)N(C)C)cc1. The van der Waals surface area contributed by atoms with Crippen LogP contribution in [-0.2, 0) is 14.8 Å². The van der Waals surface area contributed by atoms with E-state index in [-0.39, 0.29) is 35.2 Å². The van der Waals surface area contributed by atoms with Crippen LogP contribution in [0.15, 0.2) is 47.4 Å². The van der Waals surface area contributed by atoms with Gasteiger partial charge in [0.2, 0.25) is 10.0 Å². The quantitative estimate of drug-likeness (QED) is 0.722. The largest absolute Gasteiger partial charge is 0.496 e. The number of rotatable bonds is 6. The van der Waals surface area contributed by atoms with Crippen LogP contribution in [0.3, 0.4) is 0 Å². The summed E-state index contributed by atoms with van der Waals surface area (Å²) in [5, 5.41) is 2.71. The molecule has 0 unspecified atom stereocenters. The van der Waals surface area contributed by atoms with Gasteiger partial charge in [0.25, 0.3) is 11.8 Å². The zero-order valence-electron chi connectivity index (χ0n) is 17.6. The van der Waals surface area contributed by atoms with Crippen LogP contribution in [0.1, 0.15) is 20.7 Å². The highest BCUT2D eigenvalue weighted by Gasteiger charge is 2.28. The number of methoxy groups -OCH3 is 1. The van der Waals surface area contributed by atoms with Crippen LogP contribution in [-0.4, -0.2) is 76.9 Å². The number of sulfonamides is 1. The molecule has 0 saturated carbocycles. The number of ether oxygens (including phenoxy) is 2. The summed E-state index contributed by atoms with van der Waals surface area (Å²) in [6.07, 6.45) is 0. The lowest BCUT2D eigenvalue weighted by molar-refractivity contribution is 0.0730. The third-order valence-corrected chi connectivity index (χ3v) is 6.71. The van der Waals surface area contributed by atoms with Crippen molar-refractivity contribution in [2.45, 2.75) is 4.90 Å². The molecule has 31 heavy (non-hydrogen) atoms. The lowest BCUT2D eigenvalue weighted by atomic mass is 10.1. The third-order valence-electron chi connectivity index (χ3n) is 4.82. The number of carbonyl (C=O) groups excluding carboxylic acids is 2. The minimum absolute atomic E-state index is 0.00674. The van der Waals surface area contributed by atoms with Crippen molar-refractivity contribution < 1.29 is 27.5 Å². The van der Waals surface area contributed by atoms with Crippen LogP contribution in [0.4, 0.5) is 5.69 Å². The summed E-state index contributed by atoms with van der Waals surface area (Å²) in [4.78, 5) is 26.3. The summed E-state index contributed by atoms with van der Waals surface area (Å²) in [6.45, 7) is 1.17. The fourth-order valence-electron chi connectivity index (χ4n) is 3.11. The Morgan fingerprint density at radius 3 is 2.29 bits per heavy atom. The summed E-state index contributed by atoms with van der Waals surface area (Å²) in [6, 6.07) is 10.6. The van der Waals surface area contributed by atoms with Crippen LogP contribution < -0.4 is 10.1 Å². The van der Waals surface area contributed by atoms with Crippen LogP contribution in [0, 0.1) is 0 Å². The van der Waals surface area contributed by atoms with Crippen molar-refractivity contribution >= 4 is 27.5 Å². The summed E-state index contributed by atoms with van der Waals surface area (Å²) >= 11 is 0. The Balaban J connectivity index is 1.85. The second kappa shape index (κ2) is 9.46. The smallest absolute Gasteiger partial charge is 0.259 e. The number of anilines is 1. The molecule has 3 rings (SSSR count). The van der Waals surface area contributed by atoms with Gasteiger partial charge in [0.1, 0.15) is 5.75 Å². The van der Waals surface area contributed by atoms with Crippen LogP contribution >= 0.6 is 0 Å². The van der Waals surface area contributed by atoms with Gasteiger partial charge in [-0.25, -0.2) is 8.42 Å². The number of morpholine rings is 1. The van der Waals surface area contributed by atoms with Gasteiger partial charge in [-0.15, -0.1) is 0 Å². The van der Waals surface area contributed by atoms with Crippen molar-refractivity contribution in [1.29, 1.82) is 0 Å². The van der Waals surface area contributed by atoms with Crippen molar-refractivity contribution in [3.05, 3.63) is 53.6 Å². The molecule has 2 aromatic carbocycles. The summed E-state index contributed by atoms with van der Waals surface area (Å²) < 4.78 is 37.7. The standard InChI is InChI=1S/C21H25N3O6S/c1-23(2)21(26)15-4-6-16(7-5-15)22-20(25)18-14-17(8-9-19(18)29-3)31(27,28)24-10-12-30-13-11-24/h4-9,14H,10-13H2,1-3H3,(H,22,25). The summed E-state index contributed by atoms with van der Waals surface area (Å²) in [7, 11) is 0.953. The van der Waals surface area contributed by atoms with E-state index in [2.05, 4.69) is 5.32 Å². The first-order valence-corrected chi connectivity index (χ1v) is 11.1. The van der Waals surface area contributed by atoms with E-state index in [1.165, 1.54) is 34.5 Å². The molecule has 1 heterocycles. The molecular weight excluding hydrogens is 422 g/mol. The summed E-state index contributed by atoms with van der Waals surface area (Å²) in [5.41, 5.74) is 1.04. The molecule has 1 fully saturated rings. The molecule has 0 aromatic heterocycles. The van der Waals surface area contributed by atoms with Gasteiger partial charge in [-0.1, -0.05) is 0 Å². The van der Waals surface area contributed by atoms with Crippen LogP contribution in [0.25, 0.3) is 0 Å². The van der Waals surface area contributed by atoms with Crippen LogP contribution in [0.5, 0.6) is 5.75 Å². The van der Waals surface area contributed by atoms with Crippen LogP contribution in [0.2, 0.25) is 0 Å². The van der Waals surface area contributed by atoms with Gasteiger partial charge in [-0.2, -0.15) is 4.31 Å². The molecule has 0 atom stereocenters. The normalized spacial score (nSPS) is 14.7. The van der Waals surface area contributed by atoms with Crippen molar-refractivity contribution in [3.8, 4) is 5.75 Å². The van der Waals surface area contributed by atoms with Gasteiger partial charge in [0, 0.05) is 38.4 Å². The maximum Gasteiger partial charge on any atom is 0.259 e. The Morgan fingerprint density at radius 2 is 1.71 bits per heavy atom. The minimum Gasteiger partial charge on any atom is -0.496 e. The van der Waals surface area contributed by atoms with Gasteiger partial charge < -0.3 is 19.7 Å². The highest BCUT2D eigenvalue weighted by molar-refractivity contribution is 7.89. The van der Waals surface area contributed by atoms with Crippen molar-refractivity contribution in [1.82, 2.24) is 9.21 Å². The maximum absolute atomic E-state index is 12.9. The lowest BCUT2D eigenvalue weighted by Gasteiger charge is -2.26. The zero-order valence-corrected chi connectivity index (χ0v) is 18.4. The molecule has 9 nitrogen and oxygen atoms in total. The number of amides is 2. The predicted molar refractivity (Wildman–Crippen MR) is 115 cm³/mol. The molecule has 10 heteroatoms. The van der Waals surface area contributed by atoms with Gasteiger partial charge in [-0.3, -0.25) is 9.59 Å². The second-order valence-electron chi connectivity index (χ2n) is 7.11. The molecular formula is C21H25N3O6S. The summed E-state index contributed by atoms with van der Waals surface area (Å²) in [5.74, 6) is -0.430. The molecule has 0 radical (unpaired) electrons. The average Bonchev–Trinajstić information content (AvgIpc) is 2.79. The molecule has 0 bridgehead atoms. The highest BCUT2D eigenvalue weighted by Crippen LogP contribution is 2.26. The number of nitrogens with zero attached hydrogens (tertiary/aromatic N) is 2. The Morgan fingerprint density at radius 1 is 1.06 bits per heavy atom. The van der Waals surface area contributed by atoms with E-state index >= 15 is 0 Å². The predicted octanol–water partition coefficient (Wildman–Crippen LogP) is 1.67. The maximum atomic E-state index is 12.9. The molecule has 1 aliphatic heterocycles. The number of nitrogens with one attached hydrogen (secondary N) is 1. The van der Waals surface area contributed by atoms with E-state index < -0.39 is 15.9 Å². The Bertz CT molecular complexity index is 1060. The van der Waals surface area contributed by atoms with Gasteiger partial charge in [-0.05, 0) is 42.5 Å². The number of carbonyl (C=O) groups is 2.